The monoisotopic (exact) mass is 186 g/mol. The van der Waals surface area contributed by atoms with E-state index in [0.717, 1.165) is 11.8 Å². The Morgan fingerprint density at radius 3 is 2.36 bits per heavy atom. The third-order valence-corrected chi connectivity index (χ3v) is 2.01. The Labute approximate surface area is 75.8 Å². The highest BCUT2D eigenvalue weighted by molar-refractivity contribution is 7.81. The SMILES string of the molecule is O=CC(S)c1ccc(Cl)cc1. The summed E-state index contributed by atoms with van der Waals surface area (Å²) >= 11 is 9.69. The van der Waals surface area contributed by atoms with Gasteiger partial charge in [-0.1, -0.05) is 23.7 Å². The van der Waals surface area contributed by atoms with Crippen molar-refractivity contribution in [3.8, 4) is 0 Å². The molecule has 0 N–H and O–H groups in total. The van der Waals surface area contributed by atoms with Gasteiger partial charge in [0.05, 0.1) is 5.25 Å². The number of hydrogen-bond acceptors (Lipinski definition) is 2. The molecule has 1 atom stereocenters. The van der Waals surface area contributed by atoms with Gasteiger partial charge in [-0.3, -0.25) is 0 Å². The first kappa shape index (κ1) is 8.62. The van der Waals surface area contributed by atoms with Crippen molar-refractivity contribution < 1.29 is 4.79 Å². The van der Waals surface area contributed by atoms with Crippen LogP contribution in [0.5, 0.6) is 0 Å². The van der Waals surface area contributed by atoms with E-state index in [1.165, 1.54) is 0 Å². The van der Waals surface area contributed by atoms with Gasteiger partial charge in [0.15, 0.2) is 0 Å². The average molecular weight is 187 g/mol. The molecule has 3 heteroatoms. The Hall–Kier alpha value is -0.470. The quantitative estimate of drug-likeness (QED) is 0.555. The van der Waals surface area contributed by atoms with Crippen LogP contribution in [0.2, 0.25) is 5.02 Å². The van der Waals surface area contributed by atoms with Gasteiger partial charge in [0.1, 0.15) is 6.29 Å². The number of thiol groups is 1. The molecule has 0 aliphatic rings. The van der Waals surface area contributed by atoms with Gasteiger partial charge < -0.3 is 4.79 Å². The van der Waals surface area contributed by atoms with Crippen LogP contribution in [0, 0.1) is 0 Å². The molecule has 0 heterocycles. The molecule has 0 fully saturated rings. The third-order valence-electron chi connectivity index (χ3n) is 1.34. The van der Waals surface area contributed by atoms with Gasteiger partial charge in [-0.15, -0.1) is 0 Å². The van der Waals surface area contributed by atoms with Gasteiger partial charge in [-0.25, -0.2) is 0 Å². The highest BCUT2D eigenvalue weighted by Crippen LogP contribution is 2.19. The molecule has 1 rings (SSSR count). The minimum Gasteiger partial charge on any atom is -0.302 e. The number of carbonyl (C=O) groups is 1. The Morgan fingerprint density at radius 1 is 1.36 bits per heavy atom. The molecule has 0 aliphatic carbocycles. The summed E-state index contributed by atoms with van der Waals surface area (Å²) in [6.07, 6.45) is 0.784. The number of aldehydes is 1. The number of rotatable bonds is 2. The Bertz CT molecular complexity index is 245. The maximum absolute atomic E-state index is 10.3. The molecule has 0 saturated carbocycles. The Morgan fingerprint density at radius 2 is 1.91 bits per heavy atom. The number of halogens is 1. The zero-order valence-electron chi connectivity index (χ0n) is 5.70. The van der Waals surface area contributed by atoms with Crippen LogP contribution in [0.15, 0.2) is 24.3 Å². The van der Waals surface area contributed by atoms with Gasteiger partial charge in [-0.05, 0) is 17.7 Å². The van der Waals surface area contributed by atoms with Gasteiger partial charge in [0.25, 0.3) is 0 Å². The molecule has 1 aromatic carbocycles. The van der Waals surface area contributed by atoms with Crippen LogP contribution in [-0.2, 0) is 4.79 Å². The fourth-order valence-corrected chi connectivity index (χ4v) is 1.04. The van der Waals surface area contributed by atoms with E-state index < -0.39 is 0 Å². The summed E-state index contributed by atoms with van der Waals surface area (Å²) in [5.74, 6) is 0. The predicted octanol–water partition coefficient (Wildman–Crippen LogP) is 2.51. The average Bonchev–Trinajstić information content (AvgIpc) is 2.05. The van der Waals surface area contributed by atoms with E-state index in [4.69, 9.17) is 11.6 Å². The topological polar surface area (TPSA) is 17.1 Å². The maximum atomic E-state index is 10.3. The molecule has 0 saturated heterocycles. The molecule has 0 aromatic heterocycles. The van der Waals surface area contributed by atoms with Crippen LogP contribution >= 0.6 is 24.2 Å². The molecule has 0 spiro atoms. The molecular weight excluding hydrogens is 180 g/mol. The van der Waals surface area contributed by atoms with Gasteiger partial charge >= 0.3 is 0 Å². The second-order valence-corrected chi connectivity index (χ2v) is 3.13. The minimum absolute atomic E-state index is 0.340. The lowest BCUT2D eigenvalue weighted by atomic mass is 10.2. The van der Waals surface area contributed by atoms with Crippen molar-refractivity contribution in [2.75, 3.05) is 0 Å². The molecule has 1 unspecified atom stereocenters. The van der Waals surface area contributed by atoms with E-state index >= 15 is 0 Å². The first-order chi connectivity index (χ1) is 5.24. The highest BCUT2D eigenvalue weighted by atomic mass is 35.5. The van der Waals surface area contributed by atoms with E-state index in [0.29, 0.717) is 5.02 Å². The summed E-state index contributed by atoms with van der Waals surface area (Å²) in [5, 5.41) is 0.326. The lowest BCUT2D eigenvalue weighted by Gasteiger charge is -2.01. The molecule has 58 valence electrons. The van der Waals surface area contributed by atoms with E-state index in [2.05, 4.69) is 12.6 Å². The summed E-state index contributed by atoms with van der Waals surface area (Å²) in [7, 11) is 0. The van der Waals surface area contributed by atoms with E-state index in [1.807, 2.05) is 0 Å². The van der Waals surface area contributed by atoms with Crippen LogP contribution in [0.1, 0.15) is 10.8 Å². The molecule has 0 radical (unpaired) electrons. The summed E-state index contributed by atoms with van der Waals surface area (Å²) in [6, 6.07) is 7.05. The molecule has 1 aromatic rings. The normalized spacial score (nSPS) is 12.5. The molecule has 11 heavy (non-hydrogen) atoms. The standard InChI is InChI=1S/C8H7ClOS/c9-7-3-1-6(2-4-7)8(11)5-10/h1-5,8,11H. The molecule has 0 amide bonds. The lowest BCUT2D eigenvalue weighted by Crippen LogP contribution is -1.89. The largest absolute Gasteiger partial charge is 0.302 e. The number of hydrogen-bond donors (Lipinski definition) is 1. The van der Waals surface area contributed by atoms with Crippen LogP contribution in [0.3, 0.4) is 0 Å². The van der Waals surface area contributed by atoms with Crippen molar-refractivity contribution in [3.05, 3.63) is 34.9 Å². The predicted molar refractivity (Wildman–Crippen MR) is 49.2 cm³/mol. The second-order valence-electron chi connectivity index (χ2n) is 2.13. The van der Waals surface area contributed by atoms with E-state index in [-0.39, 0.29) is 5.25 Å². The van der Waals surface area contributed by atoms with Crippen LogP contribution in [0.25, 0.3) is 0 Å². The lowest BCUT2D eigenvalue weighted by molar-refractivity contribution is -0.107. The van der Waals surface area contributed by atoms with Crippen LogP contribution in [0.4, 0.5) is 0 Å². The van der Waals surface area contributed by atoms with Gasteiger partial charge in [0, 0.05) is 5.02 Å². The number of carbonyl (C=O) groups excluding carboxylic acids is 1. The second kappa shape index (κ2) is 3.79. The number of benzene rings is 1. The van der Waals surface area contributed by atoms with E-state index in [1.54, 1.807) is 24.3 Å². The minimum atomic E-state index is -0.340. The summed E-state index contributed by atoms with van der Waals surface area (Å²) in [5.41, 5.74) is 0.868. The fraction of sp³-hybridized carbons (Fsp3) is 0.125. The Balaban J connectivity index is 2.89. The highest BCUT2D eigenvalue weighted by Gasteiger charge is 2.02. The molecule has 1 nitrogen and oxygen atoms in total. The van der Waals surface area contributed by atoms with Crippen molar-refractivity contribution in [1.29, 1.82) is 0 Å². The van der Waals surface area contributed by atoms with Crippen molar-refractivity contribution in [3.63, 3.8) is 0 Å². The van der Waals surface area contributed by atoms with Gasteiger partial charge in [0.2, 0.25) is 0 Å². The van der Waals surface area contributed by atoms with Crippen molar-refractivity contribution in [2.45, 2.75) is 5.25 Å². The first-order valence-electron chi connectivity index (χ1n) is 3.13. The van der Waals surface area contributed by atoms with Crippen molar-refractivity contribution >= 4 is 30.5 Å². The zero-order chi connectivity index (χ0) is 8.27. The van der Waals surface area contributed by atoms with Crippen LogP contribution < -0.4 is 0 Å². The van der Waals surface area contributed by atoms with Crippen molar-refractivity contribution in [2.24, 2.45) is 0 Å². The van der Waals surface area contributed by atoms with Crippen LogP contribution in [-0.4, -0.2) is 6.29 Å². The van der Waals surface area contributed by atoms with Crippen molar-refractivity contribution in [1.82, 2.24) is 0 Å². The third kappa shape index (κ3) is 2.24. The fourth-order valence-electron chi connectivity index (χ4n) is 0.739. The maximum Gasteiger partial charge on any atom is 0.137 e. The molecular formula is C8H7ClOS. The summed E-state index contributed by atoms with van der Waals surface area (Å²) in [6.45, 7) is 0. The van der Waals surface area contributed by atoms with E-state index in [9.17, 15) is 4.79 Å². The smallest absolute Gasteiger partial charge is 0.137 e. The summed E-state index contributed by atoms with van der Waals surface area (Å²) in [4.78, 5) is 10.3. The molecule has 0 aliphatic heterocycles. The molecule has 0 bridgehead atoms. The zero-order valence-corrected chi connectivity index (χ0v) is 7.35. The Kier molecular flexibility index (Phi) is 2.97. The summed E-state index contributed by atoms with van der Waals surface area (Å²) < 4.78 is 0. The van der Waals surface area contributed by atoms with Gasteiger partial charge in [-0.2, -0.15) is 12.6 Å². The first-order valence-corrected chi connectivity index (χ1v) is 4.02.